The fourth-order valence-corrected chi connectivity index (χ4v) is 4.83. The minimum atomic E-state index is -0.149. The molecule has 0 spiro atoms. The van der Waals surface area contributed by atoms with Crippen LogP contribution in [0.2, 0.25) is 0 Å². The van der Waals surface area contributed by atoms with Crippen LogP contribution in [0, 0.1) is 0 Å². The number of ether oxygens (including phenoxy) is 2. The molecule has 1 aliphatic rings. The van der Waals surface area contributed by atoms with E-state index in [0.29, 0.717) is 30.2 Å². The Kier molecular flexibility index (Phi) is 7.58. The maximum absolute atomic E-state index is 13.3. The number of benzene rings is 2. The fraction of sp³-hybridized carbons (Fsp3) is 0.444. The number of aromatic nitrogens is 2. The molecule has 1 saturated heterocycles. The van der Waals surface area contributed by atoms with E-state index in [4.69, 9.17) is 14.5 Å². The zero-order chi connectivity index (χ0) is 24.9. The second kappa shape index (κ2) is 10.8. The summed E-state index contributed by atoms with van der Waals surface area (Å²) in [6, 6.07) is 13.3. The lowest BCUT2D eigenvalue weighted by Gasteiger charge is -2.23. The van der Waals surface area contributed by atoms with Crippen LogP contribution in [0.25, 0.3) is 11.0 Å². The van der Waals surface area contributed by atoms with Crippen molar-refractivity contribution >= 4 is 28.5 Å². The smallest absolute Gasteiger partial charge is 0.242 e. The molecule has 3 aromatic rings. The van der Waals surface area contributed by atoms with Crippen molar-refractivity contribution in [2.24, 2.45) is 0 Å². The highest BCUT2D eigenvalue weighted by Gasteiger charge is 2.36. The summed E-state index contributed by atoms with van der Waals surface area (Å²) in [6.45, 7) is 6.30. The van der Waals surface area contributed by atoms with Crippen molar-refractivity contribution in [1.82, 2.24) is 14.5 Å². The number of para-hydroxylation sites is 2. The molecule has 2 amide bonds. The lowest BCUT2D eigenvalue weighted by Crippen LogP contribution is -2.35. The maximum Gasteiger partial charge on any atom is 0.242 e. The van der Waals surface area contributed by atoms with E-state index < -0.39 is 0 Å². The highest BCUT2D eigenvalue weighted by molar-refractivity contribution is 5.98. The molecular formula is C27H34N4O4. The maximum atomic E-state index is 13.3. The monoisotopic (exact) mass is 478 g/mol. The first-order valence-electron chi connectivity index (χ1n) is 12.3. The number of hydrogen-bond donors (Lipinski definition) is 0. The molecule has 4 rings (SSSR count). The summed E-state index contributed by atoms with van der Waals surface area (Å²) in [6.07, 6.45) is 2.14. The van der Waals surface area contributed by atoms with Crippen LogP contribution in [0.5, 0.6) is 11.5 Å². The Morgan fingerprint density at radius 3 is 2.51 bits per heavy atom. The van der Waals surface area contributed by atoms with Crippen molar-refractivity contribution in [2.45, 2.75) is 45.6 Å². The summed E-state index contributed by atoms with van der Waals surface area (Å²) in [5.74, 6) is 1.95. The second-order valence-electron chi connectivity index (χ2n) is 8.87. The molecule has 2 heterocycles. The van der Waals surface area contributed by atoms with E-state index in [0.717, 1.165) is 42.8 Å². The Morgan fingerprint density at radius 1 is 1.09 bits per heavy atom. The first kappa shape index (κ1) is 24.6. The van der Waals surface area contributed by atoms with Gasteiger partial charge in [0.25, 0.3) is 0 Å². The molecule has 1 aliphatic heterocycles. The lowest BCUT2D eigenvalue weighted by molar-refractivity contribution is -0.131. The van der Waals surface area contributed by atoms with Gasteiger partial charge < -0.3 is 23.8 Å². The number of imidazole rings is 1. The molecular weight excluding hydrogens is 444 g/mol. The van der Waals surface area contributed by atoms with E-state index in [1.807, 2.05) is 45.9 Å². The Bertz CT molecular complexity index is 1200. The molecule has 1 aromatic heterocycles. The molecule has 8 heteroatoms. The number of carbonyl (C=O) groups is 2. The van der Waals surface area contributed by atoms with Gasteiger partial charge in [0, 0.05) is 38.0 Å². The van der Waals surface area contributed by atoms with Crippen molar-refractivity contribution < 1.29 is 19.1 Å². The van der Waals surface area contributed by atoms with Gasteiger partial charge in [-0.3, -0.25) is 9.59 Å². The zero-order valence-electron chi connectivity index (χ0n) is 21.0. The van der Waals surface area contributed by atoms with Crippen LogP contribution in [-0.2, 0) is 16.1 Å². The molecule has 0 bridgehead atoms. The van der Waals surface area contributed by atoms with Gasteiger partial charge in [0.05, 0.1) is 30.9 Å². The number of fused-ring (bicyclic) bond motifs is 1. The highest BCUT2D eigenvalue weighted by Crippen LogP contribution is 2.39. The third-order valence-corrected chi connectivity index (χ3v) is 6.48. The van der Waals surface area contributed by atoms with Crippen LogP contribution in [0.3, 0.4) is 0 Å². The van der Waals surface area contributed by atoms with Gasteiger partial charge in [0.15, 0.2) is 0 Å². The molecule has 35 heavy (non-hydrogen) atoms. The van der Waals surface area contributed by atoms with Crippen LogP contribution in [0.1, 0.15) is 44.9 Å². The molecule has 1 unspecified atom stereocenters. The van der Waals surface area contributed by atoms with E-state index in [-0.39, 0.29) is 24.3 Å². The van der Waals surface area contributed by atoms with Crippen LogP contribution in [0.4, 0.5) is 5.69 Å². The molecule has 0 aliphatic carbocycles. The van der Waals surface area contributed by atoms with E-state index in [1.54, 1.807) is 25.2 Å². The number of anilines is 1. The summed E-state index contributed by atoms with van der Waals surface area (Å²) in [5.41, 5.74) is 2.42. The van der Waals surface area contributed by atoms with Gasteiger partial charge in [-0.2, -0.15) is 0 Å². The molecule has 1 fully saturated rings. The number of nitrogens with zero attached hydrogens (tertiary/aromatic N) is 4. The van der Waals surface area contributed by atoms with Crippen LogP contribution >= 0.6 is 0 Å². The van der Waals surface area contributed by atoms with E-state index >= 15 is 0 Å². The zero-order valence-corrected chi connectivity index (χ0v) is 21.0. The highest BCUT2D eigenvalue weighted by atomic mass is 16.5. The SMILES string of the molecule is CCCN(CCC)C(=O)Cn1c(C2CC(=O)N(c3cc(OC)ccc3OC)C2)nc2ccccc21. The summed E-state index contributed by atoms with van der Waals surface area (Å²) in [5, 5.41) is 0. The Labute approximate surface area is 206 Å². The first-order valence-corrected chi connectivity index (χ1v) is 12.3. The van der Waals surface area contributed by atoms with Crippen LogP contribution in [-0.4, -0.2) is 60.1 Å². The third-order valence-electron chi connectivity index (χ3n) is 6.48. The molecule has 8 nitrogen and oxygen atoms in total. The lowest BCUT2D eigenvalue weighted by atomic mass is 10.1. The van der Waals surface area contributed by atoms with Crippen molar-refractivity contribution in [1.29, 1.82) is 0 Å². The van der Waals surface area contributed by atoms with Gasteiger partial charge >= 0.3 is 0 Å². The summed E-state index contributed by atoms with van der Waals surface area (Å²) < 4.78 is 12.9. The van der Waals surface area contributed by atoms with Crippen molar-refractivity contribution in [3.8, 4) is 11.5 Å². The topological polar surface area (TPSA) is 76.9 Å². The summed E-state index contributed by atoms with van der Waals surface area (Å²) in [7, 11) is 3.19. The van der Waals surface area contributed by atoms with E-state index in [2.05, 4.69) is 13.8 Å². The van der Waals surface area contributed by atoms with E-state index in [1.165, 1.54) is 0 Å². The molecule has 0 radical (unpaired) electrons. The minimum Gasteiger partial charge on any atom is -0.497 e. The standard InChI is InChI=1S/C27H34N4O4/c1-5-13-29(14-6-2)26(33)18-31-22-10-8-7-9-21(22)28-27(31)19-15-25(32)30(17-19)23-16-20(34-3)11-12-24(23)35-4/h7-12,16,19H,5-6,13-15,17-18H2,1-4H3. The number of rotatable bonds is 10. The largest absolute Gasteiger partial charge is 0.497 e. The fourth-order valence-electron chi connectivity index (χ4n) is 4.83. The van der Waals surface area contributed by atoms with E-state index in [9.17, 15) is 9.59 Å². The summed E-state index contributed by atoms with van der Waals surface area (Å²) in [4.78, 5) is 35.0. The predicted molar refractivity (Wildman–Crippen MR) is 136 cm³/mol. The van der Waals surface area contributed by atoms with Crippen molar-refractivity contribution in [2.75, 3.05) is 38.8 Å². The first-order chi connectivity index (χ1) is 17.0. The van der Waals surface area contributed by atoms with Gasteiger partial charge in [-0.05, 0) is 37.1 Å². The Morgan fingerprint density at radius 2 is 1.83 bits per heavy atom. The third kappa shape index (κ3) is 4.97. The number of methoxy groups -OCH3 is 2. The average molecular weight is 479 g/mol. The predicted octanol–water partition coefficient (Wildman–Crippen LogP) is 4.22. The Hall–Kier alpha value is -3.55. The minimum absolute atomic E-state index is 0.00919. The molecule has 2 aromatic carbocycles. The summed E-state index contributed by atoms with van der Waals surface area (Å²) >= 11 is 0. The van der Waals surface area contributed by atoms with Crippen LogP contribution in [0.15, 0.2) is 42.5 Å². The number of amides is 2. The quantitative estimate of drug-likeness (QED) is 0.436. The van der Waals surface area contributed by atoms with Crippen molar-refractivity contribution in [3.63, 3.8) is 0 Å². The molecule has 0 saturated carbocycles. The number of carbonyl (C=O) groups excluding carboxylic acids is 2. The van der Waals surface area contributed by atoms with Gasteiger partial charge in [-0.25, -0.2) is 4.98 Å². The molecule has 1 atom stereocenters. The van der Waals surface area contributed by atoms with Gasteiger partial charge in [-0.15, -0.1) is 0 Å². The molecule has 0 N–H and O–H groups in total. The Balaban J connectivity index is 1.68. The van der Waals surface area contributed by atoms with Gasteiger partial charge in [0.2, 0.25) is 11.8 Å². The van der Waals surface area contributed by atoms with Gasteiger partial charge in [0.1, 0.15) is 23.9 Å². The normalized spacial score (nSPS) is 15.6. The van der Waals surface area contributed by atoms with Gasteiger partial charge in [-0.1, -0.05) is 26.0 Å². The van der Waals surface area contributed by atoms with Crippen molar-refractivity contribution in [3.05, 3.63) is 48.3 Å². The number of hydrogen-bond acceptors (Lipinski definition) is 5. The van der Waals surface area contributed by atoms with Crippen LogP contribution < -0.4 is 14.4 Å². The second-order valence-corrected chi connectivity index (χ2v) is 8.87. The average Bonchev–Trinajstić information content (AvgIpc) is 3.43. The molecule has 186 valence electrons.